The molecule has 0 atom stereocenters. The van der Waals surface area contributed by atoms with E-state index in [0.717, 1.165) is 78.0 Å². The number of hydrogen-bond donors (Lipinski definition) is 0. The number of halogens is 3. The Labute approximate surface area is 362 Å². The number of nitrogens with zero attached hydrogens (tertiary/aromatic N) is 1. The summed E-state index contributed by atoms with van der Waals surface area (Å²) in [4.78, 5) is 4.92. The number of rotatable bonds is 11. The van der Waals surface area contributed by atoms with Gasteiger partial charge in [-0.1, -0.05) is 97.8 Å². The van der Waals surface area contributed by atoms with Crippen molar-refractivity contribution in [3.63, 3.8) is 0 Å². The molecule has 7 aromatic carbocycles. The van der Waals surface area contributed by atoms with Gasteiger partial charge in [-0.15, -0.1) is 60.2 Å². The van der Waals surface area contributed by atoms with Crippen molar-refractivity contribution in [1.29, 1.82) is 0 Å². The molecule has 3 nitrogen and oxygen atoms in total. The van der Waals surface area contributed by atoms with Gasteiger partial charge in [-0.05, 0) is 80.7 Å². The maximum absolute atomic E-state index is 15.4. The summed E-state index contributed by atoms with van der Waals surface area (Å²) in [6, 6.07) is 58.2. The molecule has 294 valence electrons. The molecule has 0 aliphatic carbocycles. The van der Waals surface area contributed by atoms with Crippen LogP contribution in [0, 0.1) is 49.0 Å². The first-order valence-electron chi connectivity index (χ1n) is 18.7. The third kappa shape index (κ3) is 11.4. The molecule has 0 radical (unpaired) electrons. The van der Waals surface area contributed by atoms with E-state index in [9.17, 15) is 8.78 Å². The van der Waals surface area contributed by atoms with Gasteiger partial charge in [0.15, 0.2) is 0 Å². The van der Waals surface area contributed by atoms with Crippen molar-refractivity contribution >= 4 is 0 Å². The molecular weight excluding hydrogens is 932 g/mol. The number of pyridine rings is 1. The summed E-state index contributed by atoms with van der Waals surface area (Å²) in [6.07, 6.45) is 4.37. The molecule has 0 unspecified atom stereocenters. The second-order valence-corrected chi connectivity index (χ2v) is 13.7. The summed E-state index contributed by atoms with van der Waals surface area (Å²) in [6.45, 7) is 9.00. The van der Waals surface area contributed by atoms with Crippen LogP contribution in [0.1, 0.15) is 22.3 Å². The third-order valence-electron chi connectivity index (χ3n) is 9.86. The van der Waals surface area contributed by atoms with Gasteiger partial charge in [0, 0.05) is 23.4 Å². The summed E-state index contributed by atoms with van der Waals surface area (Å²) in [5.74, 6) is -0.995. The van der Waals surface area contributed by atoms with E-state index in [-0.39, 0.29) is 37.6 Å². The summed E-state index contributed by atoms with van der Waals surface area (Å²) >= 11 is 0. The molecule has 60 heavy (non-hydrogen) atoms. The smallest absolute Gasteiger partial charge is 3.00 e. The third-order valence-corrected chi connectivity index (χ3v) is 9.86. The quantitative estimate of drug-likeness (QED) is 0.0941. The second kappa shape index (κ2) is 22.1. The van der Waals surface area contributed by atoms with E-state index in [1.54, 1.807) is 18.2 Å². The number of aryl methyl sites for hydroxylation is 4. The molecule has 0 spiro atoms. The predicted octanol–water partition coefficient (Wildman–Crippen LogP) is 12.7. The summed E-state index contributed by atoms with van der Waals surface area (Å²) in [7, 11) is 0. The molecule has 0 fully saturated rings. The van der Waals surface area contributed by atoms with Crippen LogP contribution in [0.2, 0.25) is 0 Å². The summed E-state index contributed by atoms with van der Waals surface area (Å²) in [5.41, 5.74) is 12.9. The molecular formula is C53H35F3IrNO2. The van der Waals surface area contributed by atoms with Crippen LogP contribution >= 0.6 is 0 Å². The van der Waals surface area contributed by atoms with E-state index in [1.807, 2.05) is 54.7 Å². The fourth-order valence-corrected chi connectivity index (χ4v) is 7.12. The van der Waals surface area contributed by atoms with Crippen molar-refractivity contribution in [2.24, 2.45) is 0 Å². The van der Waals surface area contributed by atoms with Crippen LogP contribution < -0.4 is 0 Å². The minimum Gasteiger partial charge on any atom is 3.00 e. The Morgan fingerprint density at radius 2 is 1.00 bits per heavy atom. The van der Waals surface area contributed by atoms with Gasteiger partial charge in [-0.2, -0.15) is 35.4 Å². The molecule has 1 aromatic heterocycles. The molecule has 0 aliphatic rings. The van der Waals surface area contributed by atoms with Gasteiger partial charge in [-0.3, -0.25) is 8.78 Å². The fourth-order valence-electron chi connectivity index (χ4n) is 7.12. The van der Waals surface area contributed by atoms with Gasteiger partial charge in [0.1, 0.15) is 5.82 Å². The van der Waals surface area contributed by atoms with Crippen LogP contribution in [-0.4, -0.2) is 4.98 Å². The van der Waals surface area contributed by atoms with Gasteiger partial charge in [0.2, 0.25) is 0 Å². The SMILES string of the molecule is Fc1c[c-]cc(CCc2cc(CCc3c[c-]cc(F)c3)cc(-c3cc(F)ccc3-c3cnc(-c4[c-]cccc4)cc3-c3ccc(-c4ccccc4)cc3)c2)c1.[C-]#[O+].[C-]#[O+].[Ir+3]. The van der Waals surface area contributed by atoms with Crippen molar-refractivity contribution in [1.82, 2.24) is 4.98 Å². The van der Waals surface area contributed by atoms with E-state index in [4.69, 9.17) is 14.3 Å². The van der Waals surface area contributed by atoms with Crippen LogP contribution in [-0.2, 0) is 55.1 Å². The zero-order valence-electron chi connectivity index (χ0n) is 32.1. The maximum Gasteiger partial charge on any atom is 3.00 e. The van der Waals surface area contributed by atoms with E-state index in [0.29, 0.717) is 25.7 Å². The first kappa shape index (κ1) is 44.7. The summed E-state index contributed by atoms with van der Waals surface area (Å²) < 4.78 is 58.5. The van der Waals surface area contributed by atoms with Crippen LogP contribution in [0.25, 0.3) is 55.8 Å². The van der Waals surface area contributed by atoms with Crippen molar-refractivity contribution in [2.45, 2.75) is 25.7 Å². The Bertz CT molecular complexity index is 2610. The van der Waals surface area contributed by atoms with Gasteiger partial charge >= 0.3 is 42.7 Å². The Balaban J connectivity index is 0.00000133. The molecule has 0 amide bonds. The van der Waals surface area contributed by atoms with Gasteiger partial charge in [0.25, 0.3) is 0 Å². The number of hydrogen-bond acceptors (Lipinski definition) is 1. The van der Waals surface area contributed by atoms with Crippen LogP contribution in [0.3, 0.4) is 0 Å². The standard InChI is InChI=1S/C51H35F3N.2CO.Ir/c52-44-15-7-9-35(30-44)17-19-37-27-38(20-18-36-10-8-16-45(53)31-36)29-43(28-37)48-32-46(54)25-26-47(48)50-34-55-51(42-13-5-2-6-14-42)33-49(50)41-23-21-40(22-24-41)39-11-3-1-4-12-39;2*1-2;/h1-6,9-13,15-16,21-34H,17-20H2;;;/q-3;;;+3. The first-order valence-corrected chi connectivity index (χ1v) is 18.7. The second-order valence-electron chi connectivity index (χ2n) is 13.7. The number of benzene rings is 7. The maximum atomic E-state index is 15.4. The van der Waals surface area contributed by atoms with Crippen molar-refractivity contribution < 1.29 is 42.6 Å². The van der Waals surface area contributed by atoms with E-state index in [2.05, 4.69) is 92.2 Å². The minimum atomic E-state index is -0.353. The average Bonchev–Trinajstić information content (AvgIpc) is 3.29. The first-order chi connectivity index (χ1) is 28.9. The Morgan fingerprint density at radius 3 is 1.58 bits per heavy atom. The van der Waals surface area contributed by atoms with Crippen molar-refractivity contribution in [2.75, 3.05) is 0 Å². The largest absolute Gasteiger partial charge is 3.00 e. The normalized spacial score (nSPS) is 10.2. The minimum absolute atomic E-state index is 0. The van der Waals surface area contributed by atoms with Crippen molar-refractivity contribution in [3.8, 4) is 55.8 Å². The molecule has 7 heteroatoms. The molecule has 0 saturated heterocycles. The molecule has 8 rings (SSSR count). The van der Waals surface area contributed by atoms with E-state index in [1.165, 1.54) is 30.3 Å². The predicted molar refractivity (Wildman–Crippen MR) is 223 cm³/mol. The van der Waals surface area contributed by atoms with Crippen LogP contribution in [0.4, 0.5) is 13.2 Å². The Morgan fingerprint density at radius 1 is 0.450 bits per heavy atom. The van der Waals surface area contributed by atoms with E-state index < -0.39 is 0 Å². The molecule has 8 aromatic rings. The molecule has 0 N–H and O–H groups in total. The Kier molecular flexibility index (Phi) is 16.5. The fraction of sp³-hybridized carbons (Fsp3) is 0.0755. The molecule has 0 bridgehead atoms. The average molecular weight is 967 g/mol. The number of aromatic nitrogens is 1. The van der Waals surface area contributed by atoms with Gasteiger partial charge < -0.3 is 4.98 Å². The summed E-state index contributed by atoms with van der Waals surface area (Å²) in [5, 5.41) is 0. The van der Waals surface area contributed by atoms with Gasteiger partial charge in [0.05, 0.1) is 0 Å². The zero-order valence-corrected chi connectivity index (χ0v) is 34.5. The Hall–Kier alpha value is -6.39. The van der Waals surface area contributed by atoms with Gasteiger partial charge in [-0.25, -0.2) is 4.39 Å². The van der Waals surface area contributed by atoms with Crippen LogP contribution in [0.5, 0.6) is 0 Å². The molecule has 1 heterocycles. The van der Waals surface area contributed by atoms with Crippen molar-refractivity contribution in [3.05, 3.63) is 235 Å². The molecule has 0 saturated carbocycles. The molecule has 0 aliphatic heterocycles. The monoisotopic (exact) mass is 967 g/mol. The zero-order chi connectivity index (χ0) is 41.6. The van der Waals surface area contributed by atoms with E-state index >= 15 is 4.39 Å². The topological polar surface area (TPSA) is 52.7 Å². The van der Waals surface area contributed by atoms with Crippen LogP contribution in [0.15, 0.2) is 164 Å².